The number of carbonyl (C=O) groups excluding carboxylic acids is 1. The number of nitrogens with one attached hydrogen (secondary N) is 1. The van der Waals surface area contributed by atoms with E-state index >= 15 is 0 Å². The smallest absolute Gasteiger partial charge is 0.231 e. The van der Waals surface area contributed by atoms with Crippen LogP contribution in [0.2, 0.25) is 0 Å². The Balaban J connectivity index is 1.50. The quantitative estimate of drug-likeness (QED) is 0.944. The maximum absolute atomic E-state index is 14.0. The molecule has 1 atom stereocenters. The van der Waals surface area contributed by atoms with E-state index in [1.54, 1.807) is 24.4 Å². The molecule has 1 saturated carbocycles. The van der Waals surface area contributed by atoms with E-state index in [-0.39, 0.29) is 17.8 Å². The summed E-state index contributed by atoms with van der Waals surface area (Å²) >= 11 is 0. The highest BCUT2D eigenvalue weighted by atomic mass is 19.1. The summed E-state index contributed by atoms with van der Waals surface area (Å²) in [6, 6.07) is 6.72. The van der Waals surface area contributed by atoms with E-state index in [9.17, 15) is 9.18 Å². The Morgan fingerprint density at radius 3 is 2.95 bits per heavy atom. The molecule has 4 rings (SSSR count). The van der Waals surface area contributed by atoms with Crippen molar-refractivity contribution in [3.63, 3.8) is 0 Å². The van der Waals surface area contributed by atoms with Crippen LogP contribution < -0.4 is 5.32 Å². The number of hydrogen-bond acceptors (Lipinski definition) is 2. The van der Waals surface area contributed by atoms with Crippen LogP contribution in [-0.2, 0) is 23.2 Å². The van der Waals surface area contributed by atoms with Crippen molar-refractivity contribution in [1.29, 1.82) is 0 Å². The number of carbonyl (C=O) groups is 1. The second kappa shape index (κ2) is 4.93. The van der Waals surface area contributed by atoms with E-state index in [2.05, 4.69) is 14.9 Å². The SMILES string of the molecule is O=C(NC1CCc2nccn2C1)C1(c2ccccc2F)CC1. The van der Waals surface area contributed by atoms with Gasteiger partial charge in [-0.25, -0.2) is 9.37 Å². The molecule has 1 amide bonds. The highest BCUT2D eigenvalue weighted by Crippen LogP contribution is 2.49. The maximum Gasteiger partial charge on any atom is 0.231 e. The van der Waals surface area contributed by atoms with Crippen molar-refractivity contribution in [3.8, 4) is 0 Å². The first-order valence-electron chi connectivity index (χ1n) is 7.75. The molecule has 1 N–H and O–H groups in total. The van der Waals surface area contributed by atoms with E-state index < -0.39 is 5.41 Å². The minimum atomic E-state index is -0.652. The molecule has 1 fully saturated rings. The molecule has 1 aliphatic heterocycles. The van der Waals surface area contributed by atoms with Gasteiger partial charge in [-0.2, -0.15) is 0 Å². The number of fused-ring (bicyclic) bond motifs is 1. The molecule has 0 saturated heterocycles. The van der Waals surface area contributed by atoms with E-state index in [4.69, 9.17) is 0 Å². The van der Waals surface area contributed by atoms with Gasteiger partial charge in [0.2, 0.25) is 5.91 Å². The van der Waals surface area contributed by atoms with Crippen molar-refractivity contribution in [1.82, 2.24) is 14.9 Å². The van der Waals surface area contributed by atoms with Gasteiger partial charge in [0.1, 0.15) is 11.6 Å². The Bertz CT molecular complexity index is 720. The van der Waals surface area contributed by atoms with Crippen molar-refractivity contribution >= 4 is 5.91 Å². The standard InChI is InChI=1S/C17H18FN3O/c18-14-4-2-1-3-13(14)17(7-8-17)16(22)20-12-5-6-15-19-9-10-21(15)11-12/h1-4,9-10,12H,5-8,11H2,(H,20,22). The Kier molecular flexibility index (Phi) is 3.03. The van der Waals surface area contributed by atoms with Gasteiger partial charge in [-0.1, -0.05) is 18.2 Å². The fraction of sp³-hybridized carbons (Fsp3) is 0.412. The molecule has 0 radical (unpaired) electrons. The zero-order valence-corrected chi connectivity index (χ0v) is 12.3. The molecule has 1 aromatic heterocycles. The predicted octanol–water partition coefficient (Wildman–Crippen LogP) is 2.18. The number of halogens is 1. The molecule has 2 aliphatic rings. The molecule has 1 unspecified atom stereocenters. The molecular weight excluding hydrogens is 281 g/mol. The Morgan fingerprint density at radius 1 is 1.36 bits per heavy atom. The molecule has 114 valence electrons. The molecule has 1 aromatic carbocycles. The minimum Gasteiger partial charge on any atom is -0.351 e. The lowest BCUT2D eigenvalue weighted by Gasteiger charge is -2.27. The number of benzene rings is 1. The lowest BCUT2D eigenvalue weighted by atomic mass is 9.93. The summed E-state index contributed by atoms with van der Waals surface area (Å²) in [4.78, 5) is 17.0. The normalized spacial score (nSPS) is 22.0. The van der Waals surface area contributed by atoms with Crippen LogP contribution >= 0.6 is 0 Å². The third kappa shape index (κ3) is 2.12. The van der Waals surface area contributed by atoms with E-state index in [0.717, 1.165) is 38.1 Å². The second-order valence-corrected chi connectivity index (χ2v) is 6.27. The van der Waals surface area contributed by atoms with Gasteiger partial charge in [-0.3, -0.25) is 4.79 Å². The summed E-state index contributed by atoms with van der Waals surface area (Å²) < 4.78 is 16.1. The first kappa shape index (κ1) is 13.5. The third-order valence-electron chi connectivity index (χ3n) is 4.84. The molecule has 2 heterocycles. The van der Waals surface area contributed by atoms with Crippen LogP contribution in [-0.4, -0.2) is 21.5 Å². The summed E-state index contributed by atoms with van der Waals surface area (Å²) in [7, 11) is 0. The fourth-order valence-electron chi connectivity index (χ4n) is 3.40. The summed E-state index contributed by atoms with van der Waals surface area (Å²) in [5, 5.41) is 3.12. The van der Waals surface area contributed by atoms with Crippen molar-refractivity contribution in [2.24, 2.45) is 0 Å². The summed E-state index contributed by atoms with van der Waals surface area (Å²) in [5.74, 6) is 0.752. The Hall–Kier alpha value is -2.17. The van der Waals surface area contributed by atoms with Crippen molar-refractivity contribution in [2.75, 3.05) is 0 Å². The average Bonchev–Trinajstić information content (AvgIpc) is 3.19. The number of amides is 1. The fourth-order valence-corrected chi connectivity index (χ4v) is 3.40. The van der Waals surface area contributed by atoms with E-state index in [0.29, 0.717) is 5.56 Å². The zero-order valence-electron chi connectivity index (χ0n) is 12.3. The largest absolute Gasteiger partial charge is 0.351 e. The van der Waals surface area contributed by atoms with Crippen LogP contribution in [0.25, 0.3) is 0 Å². The number of aryl methyl sites for hydroxylation is 1. The van der Waals surface area contributed by atoms with Crippen LogP contribution in [0.5, 0.6) is 0 Å². The third-order valence-corrected chi connectivity index (χ3v) is 4.84. The number of rotatable bonds is 3. The first-order valence-corrected chi connectivity index (χ1v) is 7.75. The van der Waals surface area contributed by atoms with Crippen molar-refractivity contribution < 1.29 is 9.18 Å². The van der Waals surface area contributed by atoms with Gasteiger partial charge in [0, 0.05) is 37.0 Å². The van der Waals surface area contributed by atoms with Crippen LogP contribution in [0.1, 0.15) is 30.7 Å². The summed E-state index contributed by atoms with van der Waals surface area (Å²) in [6.07, 6.45) is 6.94. The number of aromatic nitrogens is 2. The number of nitrogens with zero attached hydrogens (tertiary/aromatic N) is 2. The van der Waals surface area contributed by atoms with Gasteiger partial charge in [-0.15, -0.1) is 0 Å². The molecule has 1 aliphatic carbocycles. The molecular formula is C17H18FN3O. The highest BCUT2D eigenvalue weighted by molar-refractivity contribution is 5.91. The van der Waals surface area contributed by atoms with Gasteiger partial charge in [0.05, 0.1) is 5.41 Å². The van der Waals surface area contributed by atoms with Crippen LogP contribution in [0.4, 0.5) is 4.39 Å². The number of imidazole rings is 1. The molecule has 4 nitrogen and oxygen atoms in total. The lowest BCUT2D eigenvalue weighted by Crippen LogP contribution is -2.45. The second-order valence-electron chi connectivity index (χ2n) is 6.27. The summed E-state index contributed by atoms with van der Waals surface area (Å²) in [5.41, 5.74) is -0.118. The molecule has 0 bridgehead atoms. The lowest BCUT2D eigenvalue weighted by molar-refractivity contribution is -0.124. The van der Waals surface area contributed by atoms with Gasteiger partial charge in [0.25, 0.3) is 0 Å². The van der Waals surface area contributed by atoms with Crippen molar-refractivity contribution in [2.45, 2.75) is 43.7 Å². The summed E-state index contributed by atoms with van der Waals surface area (Å²) in [6.45, 7) is 0.744. The van der Waals surface area contributed by atoms with Gasteiger partial charge in [0.15, 0.2) is 0 Å². The molecule has 2 aromatic rings. The van der Waals surface area contributed by atoms with Crippen molar-refractivity contribution in [3.05, 3.63) is 53.9 Å². The monoisotopic (exact) mass is 299 g/mol. The topological polar surface area (TPSA) is 46.9 Å². The van der Waals surface area contributed by atoms with Crippen LogP contribution in [0.15, 0.2) is 36.7 Å². The predicted molar refractivity (Wildman–Crippen MR) is 79.8 cm³/mol. The first-order chi connectivity index (χ1) is 10.7. The Labute approximate surface area is 128 Å². The van der Waals surface area contributed by atoms with Crippen LogP contribution in [0.3, 0.4) is 0 Å². The van der Waals surface area contributed by atoms with E-state index in [1.165, 1.54) is 6.07 Å². The Morgan fingerprint density at radius 2 is 2.18 bits per heavy atom. The number of hydrogen-bond donors (Lipinski definition) is 1. The minimum absolute atomic E-state index is 0.0360. The van der Waals surface area contributed by atoms with E-state index in [1.807, 2.05) is 6.20 Å². The van der Waals surface area contributed by atoms with Gasteiger partial charge >= 0.3 is 0 Å². The molecule has 0 spiro atoms. The average molecular weight is 299 g/mol. The molecule has 22 heavy (non-hydrogen) atoms. The molecule has 5 heteroatoms. The van der Waals surface area contributed by atoms with Gasteiger partial charge in [-0.05, 0) is 25.3 Å². The van der Waals surface area contributed by atoms with Crippen LogP contribution in [0, 0.1) is 5.82 Å². The highest BCUT2D eigenvalue weighted by Gasteiger charge is 2.53. The zero-order chi connectivity index (χ0) is 15.2. The maximum atomic E-state index is 14.0. The van der Waals surface area contributed by atoms with Gasteiger partial charge < -0.3 is 9.88 Å².